The number of hydrogen-bond donors (Lipinski definition) is 1. The number of aromatic nitrogens is 1. The lowest BCUT2D eigenvalue weighted by molar-refractivity contribution is 0.0528. The maximum Gasteiger partial charge on any atom is 0.341 e. The normalized spacial score (nSPS) is 10.4. The van der Waals surface area contributed by atoms with Gasteiger partial charge in [-0.15, -0.1) is 11.3 Å². The number of nitrogens with zero attached hydrogens (tertiary/aromatic N) is 1. The lowest BCUT2D eigenvalue weighted by Gasteiger charge is -2.08. The van der Waals surface area contributed by atoms with E-state index in [4.69, 9.17) is 4.74 Å². The molecule has 0 fully saturated rings. The summed E-state index contributed by atoms with van der Waals surface area (Å²) in [4.78, 5) is 24.1. The summed E-state index contributed by atoms with van der Waals surface area (Å²) < 4.78 is 7.64. The summed E-state index contributed by atoms with van der Waals surface area (Å²) in [5.41, 5.74) is 0.913. The third-order valence-electron chi connectivity index (χ3n) is 2.82. The van der Waals surface area contributed by atoms with Crippen LogP contribution in [0.5, 0.6) is 0 Å². The van der Waals surface area contributed by atoms with E-state index in [2.05, 4.69) is 21.2 Å². The van der Waals surface area contributed by atoms with E-state index in [1.807, 2.05) is 17.7 Å². The molecule has 1 N–H and O–H groups in total. The molecule has 0 spiro atoms. The Morgan fingerprint density at radius 3 is 2.86 bits per heavy atom. The number of anilines is 1. The highest BCUT2D eigenvalue weighted by Gasteiger charge is 2.18. The Morgan fingerprint density at radius 2 is 2.19 bits per heavy atom. The Labute approximate surface area is 135 Å². The van der Waals surface area contributed by atoms with Crippen molar-refractivity contribution in [3.05, 3.63) is 39.4 Å². The zero-order valence-electron chi connectivity index (χ0n) is 11.7. The lowest BCUT2D eigenvalue weighted by atomic mass is 10.3. The van der Waals surface area contributed by atoms with Crippen LogP contribution in [0.15, 0.2) is 28.2 Å². The van der Waals surface area contributed by atoms with Crippen molar-refractivity contribution in [3.8, 4) is 0 Å². The van der Waals surface area contributed by atoms with Crippen LogP contribution in [-0.4, -0.2) is 23.1 Å². The third-order valence-corrected chi connectivity index (χ3v) is 4.09. The van der Waals surface area contributed by atoms with E-state index in [1.165, 1.54) is 11.3 Å². The molecule has 0 radical (unpaired) electrons. The van der Waals surface area contributed by atoms with Crippen LogP contribution in [0.1, 0.15) is 34.7 Å². The number of thiophene rings is 1. The number of rotatable bonds is 5. The molecule has 0 aliphatic carbocycles. The molecule has 0 aliphatic rings. The summed E-state index contributed by atoms with van der Waals surface area (Å²) in [6.07, 6.45) is 1.84. The number of aryl methyl sites for hydroxylation is 1. The van der Waals surface area contributed by atoms with Crippen molar-refractivity contribution in [2.24, 2.45) is 0 Å². The van der Waals surface area contributed by atoms with Crippen LogP contribution in [0.25, 0.3) is 0 Å². The zero-order valence-corrected chi connectivity index (χ0v) is 14.1. The fourth-order valence-electron chi connectivity index (χ4n) is 1.87. The largest absolute Gasteiger partial charge is 0.462 e. The first-order valence-electron chi connectivity index (χ1n) is 6.48. The monoisotopic (exact) mass is 370 g/mol. The Bertz CT molecular complexity index is 663. The Kier molecular flexibility index (Phi) is 5.19. The number of ether oxygens (including phenoxy) is 1. The van der Waals surface area contributed by atoms with Crippen molar-refractivity contribution in [2.45, 2.75) is 20.4 Å². The van der Waals surface area contributed by atoms with Crippen molar-refractivity contribution in [3.63, 3.8) is 0 Å². The van der Waals surface area contributed by atoms with Crippen molar-refractivity contribution in [1.82, 2.24) is 4.57 Å². The van der Waals surface area contributed by atoms with Gasteiger partial charge in [0, 0.05) is 17.2 Å². The standard InChI is InChI=1S/C14H15BrN2O3S/c1-3-17-8-9(15)7-11(17)12(18)16-13-10(5-6-21-13)14(19)20-4-2/h5-8H,3-4H2,1-2H3,(H,16,18). The van der Waals surface area contributed by atoms with Crippen LogP contribution in [0.4, 0.5) is 5.00 Å². The smallest absolute Gasteiger partial charge is 0.341 e. The second kappa shape index (κ2) is 6.91. The molecule has 0 bridgehead atoms. The summed E-state index contributed by atoms with van der Waals surface area (Å²) in [5, 5.41) is 5.02. The first kappa shape index (κ1) is 15.8. The minimum absolute atomic E-state index is 0.254. The van der Waals surface area contributed by atoms with E-state index < -0.39 is 5.97 Å². The Morgan fingerprint density at radius 1 is 1.43 bits per heavy atom. The molecular formula is C14H15BrN2O3S. The number of carbonyl (C=O) groups excluding carboxylic acids is 2. The van der Waals surface area contributed by atoms with E-state index in [0.717, 1.165) is 4.47 Å². The highest BCUT2D eigenvalue weighted by Crippen LogP contribution is 2.25. The van der Waals surface area contributed by atoms with Gasteiger partial charge in [-0.3, -0.25) is 4.79 Å². The molecule has 21 heavy (non-hydrogen) atoms. The molecule has 112 valence electrons. The van der Waals surface area contributed by atoms with Crippen LogP contribution in [0.3, 0.4) is 0 Å². The fourth-order valence-corrected chi connectivity index (χ4v) is 3.10. The average Bonchev–Trinajstić information content (AvgIpc) is 3.05. The number of hydrogen-bond acceptors (Lipinski definition) is 4. The molecule has 2 aromatic rings. The lowest BCUT2D eigenvalue weighted by Crippen LogP contribution is -2.17. The first-order chi connectivity index (χ1) is 10.1. The van der Waals surface area contributed by atoms with Crippen molar-refractivity contribution >= 4 is 44.1 Å². The first-order valence-corrected chi connectivity index (χ1v) is 8.15. The average molecular weight is 371 g/mol. The molecule has 0 unspecified atom stereocenters. The van der Waals surface area contributed by atoms with Crippen LogP contribution < -0.4 is 5.32 Å². The van der Waals surface area contributed by atoms with Crippen molar-refractivity contribution < 1.29 is 14.3 Å². The predicted octanol–water partition coefficient (Wildman–Crippen LogP) is 3.76. The topological polar surface area (TPSA) is 60.3 Å². The molecule has 2 rings (SSSR count). The highest BCUT2D eigenvalue weighted by molar-refractivity contribution is 9.10. The van der Waals surface area contributed by atoms with Gasteiger partial charge in [0.2, 0.25) is 0 Å². The number of esters is 1. The summed E-state index contributed by atoms with van der Waals surface area (Å²) >= 11 is 4.65. The molecule has 2 heterocycles. The SMILES string of the molecule is CCOC(=O)c1ccsc1NC(=O)c1cc(Br)cn1CC. The molecule has 0 atom stereocenters. The van der Waals surface area contributed by atoms with Gasteiger partial charge in [-0.25, -0.2) is 4.79 Å². The zero-order chi connectivity index (χ0) is 15.4. The number of amides is 1. The molecule has 0 aromatic carbocycles. The summed E-state index contributed by atoms with van der Waals surface area (Å²) in [6.45, 7) is 4.68. The Hall–Kier alpha value is -1.60. The second-order valence-electron chi connectivity index (χ2n) is 4.17. The van der Waals surface area contributed by atoms with Gasteiger partial charge in [0.1, 0.15) is 10.7 Å². The van der Waals surface area contributed by atoms with Crippen LogP contribution in [0, 0.1) is 0 Å². The number of halogens is 1. The van der Waals surface area contributed by atoms with Crippen molar-refractivity contribution in [2.75, 3.05) is 11.9 Å². The van der Waals surface area contributed by atoms with Gasteiger partial charge in [-0.05, 0) is 47.3 Å². The summed E-state index contributed by atoms with van der Waals surface area (Å²) in [7, 11) is 0. The van der Waals surface area contributed by atoms with E-state index >= 15 is 0 Å². The molecule has 0 aliphatic heterocycles. The van der Waals surface area contributed by atoms with Crippen LogP contribution >= 0.6 is 27.3 Å². The van der Waals surface area contributed by atoms with E-state index in [9.17, 15) is 9.59 Å². The van der Waals surface area contributed by atoms with E-state index in [-0.39, 0.29) is 5.91 Å². The number of carbonyl (C=O) groups is 2. The van der Waals surface area contributed by atoms with Crippen molar-refractivity contribution in [1.29, 1.82) is 0 Å². The fraction of sp³-hybridized carbons (Fsp3) is 0.286. The summed E-state index contributed by atoms with van der Waals surface area (Å²) in [6, 6.07) is 3.39. The molecule has 1 amide bonds. The minimum atomic E-state index is -0.430. The molecule has 5 nitrogen and oxygen atoms in total. The summed E-state index contributed by atoms with van der Waals surface area (Å²) in [5.74, 6) is -0.684. The highest BCUT2D eigenvalue weighted by atomic mass is 79.9. The second-order valence-corrected chi connectivity index (χ2v) is 6.00. The predicted molar refractivity (Wildman–Crippen MR) is 86.0 cm³/mol. The van der Waals surface area contributed by atoms with Crippen LogP contribution in [-0.2, 0) is 11.3 Å². The molecule has 2 aromatic heterocycles. The van der Waals surface area contributed by atoms with Gasteiger partial charge < -0.3 is 14.6 Å². The van der Waals surface area contributed by atoms with Gasteiger partial charge in [-0.2, -0.15) is 0 Å². The third kappa shape index (κ3) is 3.54. The van der Waals surface area contributed by atoms with E-state index in [1.54, 1.807) is 24.4 Å². The maximum atomic E-state index is 12.3. The quantitative estimate of drug-likeness (QED) is 0.815. The Balaban J connectivity index is 2.20. The van der Waals surface area contributed by atoms with Gasteiger partial charge in [0.15, 0.2) is 0 Å². The molecule has 0 saturated carbocycles. The minimum Gasteiger partial charge on any atom is -0.462 e. The molecule has 0 saturated heterocycles. The van der Waals surface area contributed by atoms with Gasteiger partial charge in [0.25, 0.3) is 5.91 Å². The van der Waals surface area contributed by atoms with E-state index in [0.29, 0.717) is 29.4 Å². The molecule has 7 heteroatoms. The number of nitrogens with one attached hydrogen (secondary N) is 1. The van der Waals surface area contributed by atoms with Crippen LogP contribution in [0.2, 0.25) is 0 Å². The maximum absolute atomic E-state index is 12.3. The van der Waals surface area contributed by atoms with Gasteiger partial charge in [-0.1, -0.05) is 0 Å². The molecular weight excluding hydrogens is 356 g/mol. The van der Waals surface area contributed by atoms with Gasteiger partial charge in [0.05, 0.1) is 12.2 Å². The van der Waals surface area contributed by atoms with Gasteiger partial charge >= 0.3 is 5.97 Å².